The van der Waals surface area contributed by atoms with Crippen molar-refractivity contribution in [3.8, 4) is 5.75 Å². The van der Waals surface area contributed by atoms with Crippen LogP contribution in [-0.2, 0) is 4.79 Å². The summed E-state index contributed by atoms with van der Waals surface area (Å²) in [6.07, 6.45) is 0. The maximum Gasteiger partial charge on any atom is 0.325 e. The molecule has 2 aromatic rings. The zero-order valence-corrected chi connectivity index (χ0v) is 10.7. The molecule has 0 unspecified atom stereocenters. The minimum Gasteiger partial charge on any atom is -0.425 e. The van der Waals surface area contributed by atoms with Crippen LogP contribution in [0.5, 0.6) is 5.75 Å². The number of ketones is 1. The highest BCUT2D eigenvalue weighted by atomic mass is 16.5. The maximum atomic E-state index is 12.4. The van der Waals surface area contributed by atoms with Crippen molar-refractivity contribution in [1.29, 1.82) is 0 Å². The number of carbonyl (C=O) groups is 2. The molecule has 0 heterocycles. The third-order valence-electron chi connectivity index (χ3n) is 2.67. The van der Waals surface area contributed by atoms with Crippen molar-refractivity contribution >= 4 is 17.4 Å². The molecule has 2 rings (SSSR count). The number of nitrogen functional groups attached to an aromatic ring is 1. The van der Waals surface area contributed by atoms with E-state index in [0.717, 1.165) is 0 Å². The lowest BCUT2D eigenvalue weighted by Gasteiger charge is -2.09. The number of anilines is 1. The van der Waals surface area contributed by atoms with Gasteiger partial charge in [0.15, 0.2) is 5.78 Å². The number of hydrogen-bond donors (Lipinski definition) is 2. The van der Waals surface area contributed by atoms with Gasteiger partial charge < -0.3 is 16.2 Å². The summed E-state index contributed by atoms with van der Waals surface area (Å²) < 4.78 is 5.05. The second-order valence-corrected chi connectivity index (χ2v) is 4.13. The van der Waals surface area contributed by atoms with Gasteiger partial charge in [-0.25, -0.2) is 0 Å². The van der Waals surface area contributed by atoms with Crippen LogP contribution in [0, 0.1) is 0 Å². The van der Waals surface area contributed by atoms with Gasteiger partial charge >= 0.3 is 5.97 Å². The molecular formula is C15H14N2O3. The molecule has 0 aliphatic carbocycles. The highest BCUT2D eigenvalue weighted by molar-refractivity contribution is 6.11. The van der Waals surface area contributed by atoms with Crippen LogP contribution >= 0.6 is 0 Å². The molecular weight excluding hydrogens is 256 g/mol. The second kappa shape index (κ2) is 5.99. The van der Waals surface area contributed by atoms with Crippen molar-refractivity contribution in [2.45, 2.75) is 0 Å². The minimum absolute atomic E-state index is 0.156. The van der Waals surface area contributed by atoms with Crippen LogP contribution in [0.15, 0.2) is 48.5 Å². The Morgan fingerprint density at radius 3 is 2.40 bits per heavy atom. The smallest absolute Gasteiger partial charge is 0.325 e. The summed E-state index contributed by atoms with van der Waals surface area (Å²) in [7, 11) is 0. The van der Waals surface area contributed by atoms with Gasteiger partial charge in [0.2, 0.25) is 0 Å². The van der Waals surface area contributed by atoms with Crippen molar-refractivity contribution < 1.29 is 14.3 Å². The normalized spacial score (nSPS) is 10.1. The van der Waals surface area contributed by atoms with Crippen molar-refractivity contribution in [1.82, 2.24) is 0 Å². The second-order valence-electron chi connectivity index (χ2n) is 4.13. The first-order chi connectivity index (χ1) is 9.61. The Morgan fingerprint density at radius 2 is 1.75 bits per heavy atom. The summed E-state index contributed by atoms with van der Waals surface area (Å²) in [6, 6.07) is 13.2. The largest absolute Gasteiger partial charge is 0.425 e. The zero-order valence-electron chi connectivity index (χ0n) is 10.7. The average Bonchev–Trinajstić information content (AvgIpc) is 2.49. The summed E-state index contributed by atoms with van der Waals surface area (Å²) in [6.45, 7) is -0.261. The van der Waals surface area contributed by atoms with Gasteiger partial charge in [-0.2, -0.15) is 0 Å². The molecule has 5 nitrogen and oxygen atoms in total. The highest BCUT2D eigenvalue weighted by Crippen LogP contribution is 2.24. The summed E-state index contributed by atoms with van der Waals surface area (Å²) in [5.41, 5.74) is 12.0. The van der Waals surface area contributed by atoms with Gasteiger partial charge in [-0.15, -0.1) is 0 Å². The quantitative estimate of drug-likeness (QED) is 0.378. The lowest BCUT2D eigenvalue weighted by molar-refractivity contribution is -0.132. The van der Waals surface area contributed by atoms with E-state index in [2.05, 4.69) is 0 Å². The van der Waals surface area contributed by atoms with Crippen LogP contribution in [0.25, 0.3) is 0 Å². The first-order valence-corrected chi connectivity index (χ1v) is 6.02. The topological polar surface area (TPSA) is 95.4 Å². The predicted molar refractivity (Wildman–Crippen MR) is 75.4 cm³/mol. The molecule has 0 aromatic heterocycles. The third kappa shape index (κ3) is 3.02. The fourth-order valence-electron chi connectivity index (χ4n) is 1.72. The Bertz CT molecular complexity index is 639. The van der Waals surface area contributed by atoms with Gasteiger partial charge in [0, 0.05) is 11.3 Å². The number of rotatable bonds is 4. The van der Waals surface area contributed by atoms with Gasteiger partial charge in [0.05, 0.1) is 12.1 Å². The molecule has 102 valence electrons. The molecule has 0 saturated heterocycles. The summed E-state index contributed by atoms with van der Waals surface area (Å²) in [5.74, 6) is -0.724. The molecule has 4 N–H and O–H groups in total. The third-order valence-corrected chi connectivity index (χ3v) is 2.67. The van der Waals surface area contributed by atoms with E-state index >= 15 is 0 Å². The molecule has 0 saturated carbocycles. The van der Waals surface area contributed by atoms with Crippen molar-refractivity contribution in [3.63, 3.8) is 0 Å². The van der Waals surface area contributed by atoms with E-state index in [1.54, 1.807) is 30.3 Å². The number of carbonyl (C=O) groups excluding carboxylic acids is 2. The lowest BCUT2D eigenvalue weighted by Crippen LogP contribution is -2.20. The molecule has 2 aromatic carbocycles. The van der Waals surface area contributed by atoms with Crippen LogP contribution in [0.1, 0.15) is 15.9 Å². The van der Waals surface area contributed by atoms with Gasteiger partial charge in [-0.1, -0.05) is 30.3 Å². The van der Waals surface area contributed by atoms with E-state index in [1.807, 2.05) is 6.07 Å². The molecule has 20 heavy (non-hydrogen) atoms. The van der Waals surface area contributed by atoms with Crippen molar-refractivity contribution in [2.75, 3.05) is 12.3 Å². The van der Waals surface area contributed by atoms with E-state index in [9.17, 15) is 9.59 Å². The standard InChI is InChI=1S/C15H14N2O3/c16-9-14(18)20-13-7-6-11(17)8-12(13)15(19)10-4-2-1-3-5-10/h1-8H,9,16-17H2. The first-order valence-electron chi connectivity index (χ1n) is 6.02. The lowest BCUT2D eigenvalue weighted by atomic mass is 10.0. The fraction of sp³-hybridized carbons (Fsp3) is 0.0667. The molecule has 0 radical (unpaired) electrons. The number of esters is 1. The van der Waals surface area contributed by atoms with Gasteiger partial charge in [0.1, 0.15) is 5.75 Å². The van der Waals surface area contributed by atoms with Crippen LogP contribution in [0.2, 0.25) is 0 Å². The minimum atomic E-state index is -0.614. The van der Waals surface area contributed by atoms with Crippen LogP contribution in [0.3, 0.4) is 0 Å². The van der Waals surface area contributed by atoms with Crippen LogP contribution < -0.4 is 16.2 Å². The molecule has 0 spiro atoms. The molecule has 0 aliphatic heterocycles. The van der Waals surface area contributed by atoms with Crippen LogP contribution in [0.4, 0.5) is 5.69 Å². The molecule has 0 fully saturated rings. The molecule has 0 amide bonds. The van der Waals surface area contributed by atoms with E-state index in [0.29, 0.717) is 11.3 Å². The van der Waals surface area contributed by atoms with E-state index in [1.165, 1.54) is 12.1 Å². The van der Waals surface area contributed by atoms with Crippen molar-refractivity contribution in [3.05, 3.63) is 59.7 Å². The molecule has 5 heteroatoms. The summed E-state index contributed by atoms with van der Waals surface area (Å²) in [4.78, 5) is 23.7. The number of nitrogens with two attached hydrogens (primary N) is 2. The zero-order chi connectivity index (χ0) is 14.5. The highest BCUT2D eigenvalue weighted by Gasteiger charge is 2.16. The van der Waals surface area contributed by atoms with Crippen LogP contribution in [-0.4, -0.2) is 18.3 Å². The summed E-state index contributed by atoms with van der Waals surface area (Å²) >= 11 is 0. The average molecular weight is 270 g/mol. The molecule has 0 aliphatic rings. The maximum absolute atomic E-state index is 12.4. The number of benzene rings is 2. The van der Waals surface area contributed by atoms with Gasteiger partial charge in [0.25, 0.3) is 0 Å². The monoisotopic (exact) mass is 270 g/mol. The van der Waals surface area contributed by atoms with E-state index in [4.69, 9.17) is 16.2 Å². The van der Waals surface area contributed by atoms with Gasteiger partial charge in [-0.05, 0) is 18.2 Å². The predicted octanol–water partition coefficient (Wildman–Crippen LogP) is 1.36. The Kier molecular flexibility index (Phi) is 4.12. The fourth-order valence-corrected chi connectivity index (χ4v) is 1.72. The Labute approximate surface area is 116 Å². The number of hydrogen-bond acceptors (Lipinski definition) is 5. The van der Waals surface area contributed by atoms with Gasteiger partial charge in [-0.3, -0.25) is 9.59 Å². The first kappa shape index (κ1) is 13.8. The van der Waals surface area contributed by atoms with E-state index < -0.39 is 5.97 Å². The van der Waals surface area contributed by atoms with Crippen molar-refractivity contribution in [2.24, 2.45) is 5.73 Å². The Morgan fingerprint density at radius 1 is 1.05 bits per heavy atom. The molecule has 0 bridgehead atoms. The summed E-state index contributed by atoms with van der Waals surface area (Å²) in [5, 5.41) is 0. The Balaban J connectivity index is 2.41. The molecule has 0 atom stereocenters. The Hall–Kier alpha value is -2.66. The SMILES string of the molecule is NCC(=O)Oc1ccc(N)cc1C(=O)c1ccccc1. The number of ether oxygens (including phenoxy) is 1. The van der Waals surface area contributed by atoms with E-state index in [-0.39, 0.29) is 23.6 Å².